The Kier molecular flexibility index (Phi) is 2.14. The van der Waals surface area contributed by atoms with Crippen molar-refractivity contribution in [3.8, 4) is 11.4 Å². The molecule has 0 aromatic carbocycles. The molecule has 0 unspecified atom stereocenters. The Hall–Kier alpha value is -1.49. The lowest BCUT2D eigenvalue weighted by atomic mass is 10.2. The van der Waals surface area contributed by atoms with Crippen LogP contribution in [-0.4, -0.2) is 19.7 Å². The van der Waals surface area contributed by atoms with E-state index in [9.17, 15) is 0 Å². The van der Waals surface area contributed by atoms with E-state index in [1.165, 1.54) is 12.8 Å². The summed E-state index contributed by atoms with van der Waals surface area (Å²) in [4.78, 5) is 4.19. The first-order valence-corrected chi connectivity index (χ1v) is 5.76. The van der Waals surface area contributed by atoms with E-state index in [0.717, 1.165) is 17.1 Å². The van der Waals surface area contributed by atoms with Gasteiger partial charge in [0.05, 0.1) is 0 Å². The van der Waals surface area contributed by atoms with Crippen LogP contribution in [0.25, 0.3) is 11.4 Å². The number of nitrogens with zero attached hydrogens (tertiary/aromatic N) is 3. The lowest BCUT2D eigenvalue weighted by molar-refractivity contribution is 0.735. The first-order valence-electron chi connectivity index (χ1n) is 5.35. The van der Waals surface area contributed by atoms with Crippen LogP contribution in [0.15, 0.2) is 18.3 Å². The molecule has 0 atom stereocenters. The van der Waals surface area contributed by atoms with Gasteiger partial charge in [-0.2, -0.15) is 5.10 Å². The van der Waals surface area contributed by atoms with Crippen LogP contribution in [-0.2, 0) is 0 Å². The minimum absolute atomic E-state index is 0.537. The number of aromatic nitrogens is 4. The third-order valence-corrected chi connectivity index (χ3v) is 3.06. The molecule has 1 aliphatic rings. The van der Waals surface area contributed by atoms with Gasteiger partial charge in [0.2, 0.25) is 0 Å². The van der Waals surface area contributed by atoms with Crippen molar-refractivity contribution in [1.82, 2.24) is 19.7 Å². The van der Waals surface area contributed by atoms with Crippen molar-refractivity contribution in [3.05, 3.63) is 28.8 Å². The molecule has 1 N–H and O–H groups in total. The first-order chi connectivity index (χ1) is 7.75. The van der Waals surface area contributed by atoms with Gasteiger partial charge in [0.15, 0.2) is 10.6 Å². The zero-order valence-electron chi connectivity index (χ0n) is 8.97. The van der Waals surface area contributed by atoms with Crippen molar-refractivity contribution in [2.45, 2.75) is 25.8 Å². The maximum Gasteiger partial charge on any atom is 0.195 e. The molecule has 0 amide bonds. The van der Waals surface area contributed by atoms with Gasteiger partial charge in [-0.25, -0.2) is 0 Å². The summed E-state index contributed by atoms with van der Waals surface area (Å²) >= 11 is 5.25. The van der Waals surface area contributed by atoms with Gasteiger partial charge in [-0.15, -0.1) is 0 Å². The largest absolute Gasteiger partial charge is 0.297 e. The summed E-state index contributed by atoms with van der Waals surface area (Å²) in [6.45, 7) is 1.98. The second-order valence-corrected chi connectivity index (χ2v) is 4.53. The minimum Gasteiger partial charge on any atom is -0.297 e. The van der Waals surface area contributed by atoms with Crippen LogP contribution in [0.4, 0.5) is 0 Å². The van der Waals surface area contributed by atoms with Gasteiger partial charge in [0.25, 0.3) is 0 Å². The number of hydrogen-bond acceptors (Lipinski definition) is 3. The van der Waals surface area contributed by atoms with E-state index in [1.54, 1.807) is 6.20 Å². The molecule has 2 aromatic rings. The van der Waals surface area contributed by atoms with Crippen LogP contribution < -0.4 is 0 Å². The van der Waals surface area contributed by atoms with Crippen molar-refractivity contribution in [2.24, 2.45) is 0 Å². The molecule has 0 spiro atoms. The van der Waals surface area contributed by atoms with Gasteiger partial charge in [0.1, 0.15) is 0 Å². The van der Waals surface area contributed by atoms with Crippen LogP contribution in [0.2, 0.25) is 0 Å². The number of hydrogen-bond donors (Lipinski definition) is 1. The fourth-order valence-corrected chi connectivity index (χ4v) is 2.15. The van der Waals surface area contributed by atoms with Gasteiger partial charge in [-0.3, -0.25) is 14.6 Å². The summed E-state index contributed by atoms with van der Waals surface area (Å²) in [7, 11) is 0. The Morgan fingerprint density at radius 2 is 2.31 bits per heavy atom. The molecular formula is C11H12N4S. The zero-order valence-corrected chi connectivity index (χ0v) is 9.79. The average Bonchev–Trinajstić information content (AvgIpc) is 3.02. The van der Waals surface area contributed by atoms with E-state index in [1.807, 2.05) is 19.1 Å². The van der Waals surface area contributed by atoms with Crippen molar-refractivity contribution < 1.29 is 0 Å². The van der Waals surface area contributed by atoms with Crippen molar-refractivity contribution in [1.29, 1.82) is 0 Å². The van der Waals surface area contributed by atoms with E-state index in [-0.39, 0.29) is 0 Å². The fourth-order valence-electron chi connectivity index (χ4n) is 1.86. The van der Waals surface area contributed by atoms with E-state index < -0.39 is 0 Å². The monoisotopic (exact) mass is 232 g/mol. The van der Waals surface area contributed by atoms with E-state index in [2.05, 4.69) is 19.7 Å². The fraction of sp³-hybridized carbons (Fsp3) is 0.364. The quantitative estimate of drug-likeness (QED) is 0.810. The molecule has 0 aliphatic heterocycles. The molecular weight excluding hydrogens is 220 g/mol. The Balaban J connectivity index is 2.16. The summed E-state index contributed by atoms with van der Waals surface area (Å²) < 4.78 is 2.83. The Bertz CT molecular complexity index is 580. The Morgan fingerprint density at radius 1 is 1.50 bits per heavy atom. The molecule has 3 rings (SSSR count). The summed E-state index contributed by atoms with van der Waals surface area (Å²) in [5, 5.41) is 7.18. The number of H-pyrrole nitrogens is 1. The molecule has 2 aromatic heterocycles. The second kappa shape index (κ2) is 3.52. The molecule has 0 saturated heterocycles. The van der Waals surface area contributed by atoms with Gasteiger partial charge in [0, 0.05) is 23.5 Å². The summed E-state index contributed by atoms with van der Waals surface area (Å²) in [6.07, 6.45) is 4.20. The number of nitrogens with one attached hydrogen (secondary N) is 1. The molecule has 0 bridgehead atoms. The molecule has 0 radical (unpaired) electrons. The van der Waals surface area contributed by atoms with Gasteiger partial charge in [-0.1, -0.05) is 0 Å². The molecule has 1 saturated carbocycles. The minimum atomic E-state index is 0.537. The van der Waals surface area contributed by atoms with Crippen molar-refractivity contribution in [2.75, 3.05) is 0 Å². The molecule has 1 aliphatic carbocycles. The van der Waals surface area contributed by atoms with Crippen LogP contribution in [0.1, 0.15) is 24.6 Å². The average molecular weight is 232 g/mol. The molecule has 1 fully saturated rings. The number of aryl methyl sites for hydroxylation is 1. The normalized spacial score (nSPS) is 15.3. The molecule has 2 heterocycles. The van der Waals surface area contributed by atoms with Crippen LogP contribution in [0, 0.1) is 11.7 Å². The number of pyridine rings is 1. The first kappa shape index (κ1) is 9.72. The van der Waals surface area contributed by atoms with Crippen LogP contribution >= 0.6 is 12.2 Å². The lowest BCUT2D eigenvalue weighted by Crippen LogP contribution is -1.98. The topological polar surface area (TPSA) is 46.5 Å². The van der Waals surface area contributed by atoms with Crippen molar-refractivity contribution >= 4 is 12.2 Å². The standard InChI is InChI=1S/C11H12N4S/c1-7-6-8(4-5-12-7)10-13-14-11(16)15(10)9-2-3-9/h4-6,9H,2-3H2,1H3,(H,14,16). The van der Waals surface area contributed by atoms with E-state index in [4.69, 9.17) is 12.2 Å². The molecule has 82 valence electrons. The summed E-state index contributed by atoms with van der Waals surface area (Å²) in [5.74, 6) is 0.929. The Morgan fingerprint density at radius 3 is 3.00 bits per heavy atom. The highest BCUT2D eigenvalue weighted by Crippen LogP contribution is 2.37. The van der Waals surface area contributed by atoms with E-state index >= 15 is 0 Å². The molecule has 5 heteroatoms. The van der Waals surface area contributed by atoms with Gasteiger partial charge < -0.3 is 0 Å². The maximum absolute atomic E-state index is 5.25. The van der Waals surface area contributed by atoms with Crippen LogP contribution in [0.5, 0.6) is 0 Å². The predicted octanol–water partition coefficient (Wildman–Crippen LogP) is 2.65. The smallest absolute Gasteiger partial charge is 0.195 e. The molecule has 4 nitrogen and oxygen atoms in total. The maximum atomic E-state index is 5.25. The van der Waals surface area contributed by atoms with Gasteiger partial charge >= 0.3 is 0 Å². The number of rotatable bonds is 2. The highest BCUT2D eigenvalue weighted by molar-refractivity contribution is 7.71. The third-order valence-electron chi connectivity index (χ3n) is 2.77. The van der Waals surface area contributed by atoms with Crippen LogP contribution in [0.3, 0.4) is 0 Å². The van der Waals surface area contributed by atoms with Crippen molar-refractivity contribution in [3.63, 3.8) is 0 Å². The molecule has 16 heavy (non-hydrogen) atoms. The SMILES string of the molecule is Cc1cc(-c2n[nH]c(=S)n2C2CC2)ccn1. The highest BCUT2D eigenvalue weighted by atomic mass is 32.1. The summed E-state index contributed by atoms with van der Waals surface area (Å²) in [5.41, 5.74) is 2.07. The highest BCUT2D eigenvalue weighted by Gasteiger charge is 2.27. The predicted molar refractivity (Wildman–Crippen MR) is 63.7 cm³/mol. The van der Waals surface area contributed by atoms with Gasteiger partial charge in [-0.05, 0) is 44.1 Å². The lowest BCUT2D eigenvalue weighted by Gasteiger charge is -2.04. The summed E-state index contributed by atoms with van der Waals surface area (Å²) in [6, 6.07) is 4.54. The Labute approximate surface area is 98.3 Å². The number of aromatic amines is 1. The van der Waals surface area contributed by atoms with E-state index in [0.29, 0.717) is 10.8 Å². The third kappa shape index (κ3) is 1.57. The second-order valence-electron chi connectivity index (χ2n) is 4.14. The zero-order chi connectivity index (χ0) is 11.1.